The second-order valence-corrected chi connectivity index (χ2v) is 3.65. The predicted molar refractivity (Wildman–Crippen MR) is 61.6 cm³/mol. The SMILES string of the molecule is CCCOCCCNC(=O)[C@H](N)CCC. The van der Waals surface area contributed by atoms with E-state index in [4.69, 9.17) is 10.5 Å². The van der Waals surface area contributed by atoms with Crippen LogP contribution in [0, 0.1) is 0 Å². The van der Waals surface area contributed by atoms with Crippen LogP contribution in [-0.2, 0) is 9.53 Å². The molecule has 0 aromatic heterocycles. The molecule has 1 amide bonds. The molecule has 90 valence electrons. The molecule has 0 aromatic rings. The summed E-state index contributed by atoms with van der Waals surface area (Å²) >= 11 is 0. The van der Waals surface area contributed by atoms with Crippen LogP contribution in [0.2, 0.25) is 0 Å². The first kappa shape index (κ1) is 14.4. The van der Waals surface area contributed by atoms with E-state index in [-0.39, 0.29) is 11.9 Å². The predicted octanol–water partition coefficient (Wildman–Crippen LogP) is 1.05. The number of amides is 1. The van der Waals surface area contributed by atoms with Crippen molar-refractivity contribution in [3.05, 3.63) is 0 Å². The van der Waals surface area contributed by atoms with Gasteiger partial charge in [-0.05, 0) is 19.3 Å². The molecule has 3 N–H and O–H groups in total. The summed E-state index contributed by atoms with van der Waals surface area (Å²) < 4.78 is 5.29. The zero-order chi connectivity index (χ0) is 11.5. The van der Waals surface area contributed by atoms with Crippen LogP contribution in [0.3, 0.4) is 0 Å². The third-order valence-corrected chi connectivity index (χ3v) is 2.05. The number of rotatable bonds is 9. The highest BCUT2D eigenvalue weighted by Gasteiger charge is 2.10. The Balaban J connectivity index is 3.30. The van der Waals surface area contributed by atoms with E-state index in [1.54, 1.807) is 0 Å². The molecule has 4 heteroatoms. The standard InChI is InChI=1S/C11H24N2O2/c1-3-6-10(12)11(14)13-7-5-9-15-8-4-2/h10H,3-9,12H2,1-2H3,(H,13,14)/t10-/m1/s1. The number of ether oxygens (including phenoxy) is 1. The van der Waals surface area contributed by atoms with E-state index in [0.29, 0.717) is 13.2 Å². The summed E-state index contributed by atoms with van der Waals surface area (Å²) in [4.78, 5) is 11.3. The second-order valence-electron chi connectivity index (χ2n) is 3.65. The highest BCUT2D eigenvalue weighted by atomic mass is 16.5. The molecule has 0 aliphatic rings. The maximum atomic E-state index is 11.3. The molecule has 1 atom stereocenters. The van der Waals surface area contributed by atoms with Gasteiger partial charge in [0.2, 0.25) is 5.91 Å². The average molecular weight is 216 g/mol. The fraction of sp³-hybridized carbons (Fsp3) is 0.909. The van der Waals surface area contributed by atoms with Gasteiger partial charge in [0.25, 0.3) is 0 Å². The normalized spacial score (nSPS) is 12.5. The van der Waals surface area contributed by atoms with Crippen LogP contribution in [0.25, 0.3) is 0 Å². The molecule has 0 radical (unpaired) electrons. The van der Waals surface area contributed by atoms with Gasteiger partial charge in [-0.2, -0.15) is 0 Å². The lowest BCUT2D eigenvalue weighted by molar-refractivity contribution is -0.122. The van der Waals surface area contributed by atoms with Crippen molar-refractivity contribution in [2.45, 2.75) is 45.6 Å². The third kappa shape index (κ3) is 8.39. The van der Waals surface area contributed by atoms with Crippen molar-refractivity contribution in [2.24, 2.45) is 5.73 Å². The van der Waals surface area contributed by atoms with Crippen molar-refractivity contribution in [1.82, 2.24) is 5.32 Å². The monoisotopic (exact) mass is 216 g/mol. The average Bonchev–Trinajstić information content (AvgIpc) is 2.23. The van der Waals surface area contributed by atoms with Gasteiger partial charge in [0.15, 0.2) is 0 Å². The Morgan fingerprint density at radius 3 is 2.67 bits per heavy atom. The van der Waals surface area contributed by atoms with Gasteiger partial charge in [0, 0.05) is 19.8 Å². The lowest BCUT2D eigenvalue weighted by atomic mass is 10.2. The molecule has 0 aliphatic heterocycles. The first-order valence-electron chi connectivity index (χ1n) is 5.83. The van der Waals surface area contributed by atoms with Crippen LogP contribution in [0.1, 0.15) is 39.5 Å². The number of carbonyl (C=O) groups excluding carboxylic acids is 1. The number of hydrogen-bond acceptors (Lipinski definition) is 3. The van der Waals surface area contributed by atoms with Gasteiger partial charge in [0.1, 0.15) is 0 Å². The Morgan fingerprint density at radius 1 is 1.33 bits per heavy atom. The van der Waals surface area contributed by atoms with Crippen molar-refractivity contribution in [1.29, 1.82) is 0 Å². The molecule has 15 heavy (non-hydrogen) atoms. The van der Waals surface area contributed by atoms with Crippen LogP contribution < -0.4 is 11.1 Å². The van der Waals surface area contributed by atoms with Gasteiger partial charge < -0.3 is 15.8 Å². The van der Waals surface area contributed by atoms with E-state index in [1.807, 2.05) is 6.92 Å². The van der Waals surface area contributed by atoms with Crippen LogP contribution in [0.5, 0.6) is 0 Å². The third-order valence-electron chi connectivity index (χ3n) is 2.05. The molecular weight excluding hydrogens is 192 g/mol. The number of carbonyl (C=O) groups is 1. The van der Waals surface area contributed by atoms with E-state index in [9.17, 15) is 4.79 Å². The number of nitrogens with one attached hydrogen (secondary N) is 1. The Bertz CT molecular complexity index is 163. The van der Waals surface area contributed by atoms with Gasteiger partial charge in [-0.25, -0.2) is 0 Å². The second kappa shape index (κ2) is 9.93. The largest absolute Gasteiger partial charge is 0.381 e. The molecule has 0 aliphatic carbocycles. The molecule has 0 heterocycles. The van der Waals surface area contributed by atoms with Crippen molar-refractivity contribution >= 4 is 5.91 Å². The van der Waals surface area contributed by atoms with Crippen molar-refractivity contribution in [3.8, 4) is 0 Å². The lowest BCUT2D eigenvalue weighted by Gasteiger charge is -2.10. The zero-order valence-corrected chi connectivity index (χ0v) is 9.92. The van der Waals surface area contributed by atoms with Crippen molar-refractivity contribution in [3.63, 3.8) is 0 Å². The molecule has 4 nitrogen and oxygen atoms in total. The van der Waals surface area contributed by atoms with Crippen molar-refractivity contribution < 1.29 is 9.53 Å². The quantitative estimate of drug-likeness (QED) is 0.566. The van der Waals surface area contributed by atoms with Gasteiger partial charge in [-0.3, -0.25) is 4.79 Å². The van der Waals surface area contributed by atoms with Gasteiger partial charge in [-0.1, -0.05) is 20.3 Å². The Labute approximate surface area is 92.6 Å². The summed E-state index contributed by atoms with van der Waals surface area (Å²) in [6.45, 7) is 6.25. The van der Waals surface area contributed by atoms with Crippen LogP contribution in [0.15, 0.2) is 0 Å². The smallest absolute Gasteiger partial charge is 0.236 e. The van der Waals surface area contributed by atoms with E-state index in [1.165, 1.54) is 0 Å². The summed E-state index contributed by atoms with van der Waals surface area (Å²) in [5.41, 5.74) is 5.65. The maximum Gasteiger partial charge on any atom is 0.236 e. The minimum atomic E-state index is -0.355. The Hall–Kier alpha value is -0.610. The number of nitrogens with two attached hydrogens (primary N) is 1. The topological polar surface area (TPSA) is 64.3 Å². The molecule has 0 rings (SSSR count). The molecule has 0 fully saturated rings. The number of hydrogen-bond donors (Lipinski definition) is 2. The minimum Gasteiger partial charge on any atom is -0.381 e. The molecule has 0 aromatic carbocycles. The van der Waals surface area contributed by atoms with E-state index in [0.717, 1.165) is 32.3 Å². The molecule has 0 spiro atoms. The molecular formula is C11H24N2O2. The van der Waals surface area contributed by atoms with Crippen molar-refractivity contribution in [2.75, 3.05) is 19.8 Å². The maximum absolute atomic E-state index is 11.3. The van der Waals surface area contributed by atoms with Crippen LogP contribution >= 0.6 is 0 Å². The molecule has 0 saturated carbocycles. The lowest BCUT2D eigenvalue weighted by Crippen LogP contribution is -2.40. The molecule has 0 bridgehead atoms. The van der Waals surface area contributed by atoms with Crippen LogP contribution in [0.4, 0.5) is 0 Å². The fourth-order valence-electron chi connectivity index (χ4n) is 1.21. The first-order chi connectivity index (χ1) is 7.22. The highest BCUT2D eigenvalue weighted by Crippen LogP contribution is 1.93. The minimum absolute atomic E-state index is 0.0488. The Kier molecular flexibility index (Phi) is 9.52. The molecule has 0 saturated heterocycles. The van der Waals surface area contributed by atoms with E-state index < -0.39 is 0 Å². The van der Waals surface area contributed by atoms with Gasteiger partial charge in [-0.15, -0.1) is 0 Å². The van der Waals surface area contributed by atoms with E-state index in [2.05, 4.69) is 12.2 Å². The van der Waals surface area contributed by atoms with Gasteiger partial charge >= 0.3 is 0 Å². The Morgan fingerprint density at radius 2 is 2.07 bits per heavy atom. The fourth-order valence-corrected chi connectivity index (χ4v) is 1.21. The summed E-state index contributed by atoms with van der Waals surface area (Å²) in [6.07, 6.45) is 3.57. The summed E-state index contributed by atoms with van der Waals surface area (Å²) in [5.74, 6) is -0.0488. The zero-order valence-electron chi connectivity index (χ0n) is 9.92. The first-order valence-corrected chi connectivity index (χ1v) is 5.83. The molecule has 0 unspecified atom stereocenters. The summed E-state index contributed by atoms with van der Waals surface area (Å²) in [6, 6.07) is -0.355. The summed E-state index contributed by atoms with van der Waals surface area (Å²) in [5, 5.41) is 2.80. The van der Waals surface area contributed by atoms with Gasteiger partial charge in [0.05, 0.1) is 6.04 Å². The summed E-state index contributed by atoms with van der Waals surface area (Å²) in [7, 11) is 0. The van der Waals surface area contributed by atoms with Crippen LogP contribution in [-0.4, -0.2) is 31.7 Å². The highest BCUT2D eigenvalue weighted by molar-refractivity contribution is 5.81. The van der Waals surface area contributed by atoms with E-state index >= 15 is 0 Å².